The van der Waals surface area contributed by atoms with Crippen molar-refractivity contribution >= 4 is 73.4 Å². The Morgan fingerprint density at radius 2 is 0.867 bits per heavy atom. The minimum absolute atomic E-state index is 0. The third-order valence-corrected chi connectivity index (χ3v) is 16.0. The molecule has 35 nitrogen and oxygen atoms in total. The summed E-state index contributed by atoms with van der Waals surface area (Å²) in [6, 6.07) is -1.06. The number of aliphatic imine (C=N–C) groups is 9. The summed E-state index contributed by atoms with van der Waals surface area (Å²) in [5.74, 6) is -2.05. The van der Waals surface area contributed by atoms with E-state index in [0.29, 0.717) is 75.9 Å². The summed E-state index contributed by atoms with van der Waals surface area (Å²) in [4.78, 5) is 82.5. The summed E-state index contributed by atoms with van der Waals surface area (Å²) in [6.07, 6.45) is 4.64. The van der Waals surface area contributed by atoms with Crippen molar-refractivity contribution in [3.05, 3.63) is 0 Å². The van der Waals surface area contributed by atoms with E-state index in [9.17, 15) is 24.6 Å². The monoisotopic (exact) mass is 1260 g/mol. The van der Waals surface area contributed by atoms with Crippen LogP contribution < -0.4 is 61.1 Å². The number of quaternary nitrogens is 1. The molecule has 11 heterocycles. The van der Waals surface area contributed by atoms with Gasteiger partial charge in [0.05, 0.1) is 26.1 Å². The average molecular weight is 1260 g/mol. The SMILES string of the molecule is C.CN(CCCC(=O)O)CC1OC(N2C=NC3C(N)=NC=NC32)[C@@H]2OC(C)(C)O[C@H]12.CN(CCCC(=O)O)CC1OC(N2C=NC3C(N)=NC=NC32)[C@H](O)[C@@H]1O.COC(=O)CCCN(C)CC1OC(N2C=NC3C(N)=NC=NC32)[C@@H]2OC(C)(C)O[C@H]12.[Li+].[Li+].[NH4+].[OH-]. The largest absolute Gasteiger partial charge is 1.00 e. The Morgan fingerprint density at radius 3 is 1.22 bits per heavy atom. The fourth-order valence-electron chi connectivity index (χ4n) is 11.9. The number of hydrogen-bond donors (Lipinski definition) is 8. The van der Waals surface area contributed by atoms with Gasteiger partial charge >= 0.3 is 55.6 Å². The van der Waals surface area contributed by atoms with Gasteiger partial charge in [-0.2, -0.15) is 0 Å². The smallest absolute Gasteiger partial charge is 0.870 e. The first-order valence-corrected chi connectivity index (χ1v) is 28.5. The summed E-state index contributed by atoms with van der Waals surface area (Å²) in [6.45, 7) is 11.1. The van der Waals surface area contributed by atoms with Gasteiger partial charge in [-0.15, -0.1) is 0 Å². The number of carboxylic acids is 2. The van der Waals surface area contributed by atoms with Gasteiger partial charge in [-0.1, -0.05) is 7.43 Å². The van der Waals surface area contributed by atoms with E-state index < -0.39 is 72.7 Å². The number of likely N-dealkylation sites (N-methyl/N-ethyl adjacent to an activating group) is 3. The van der Waals surface area contributed by atoms with Crippen molar-refractivity contribution in [3.63, 3.8) is 0 Å². The van der Waals surface area contributed by atoms with Crippen LogP contribution in [-0.2, 0) is 52.3 Å². The normalized spacial score (nSPS) is 34.4. The molecule has 18 atom stereocenters. The van der Waals surface area contributed by atoms with Crippen LogP contribution in [0.5, 0.6) is 0 Å². The Hall–Kier alpha value is -5.13. The Kier molecular flexibility index (Phi) is 28.5. The Bertz CT molecular complexity index is 2700. The zero-order valence-corrected chi connectivity index (χ0v) is 52.5. The van der Waals surface area contributed by atoms with Crippen molar-refractivity contribution in [1.29, 1.82) is 0 Å². The fourth-order valence-corrected chi connectivity index (χ4v) is 11.9. The number of fused-ring (bicyclic) bond motifs is 5. The molecule has 0 saturated carbocycles. The summed E-state index contributed by atoms with van der Waals surface area (Å²) in [5.41, 5.74) is 17.8. The van der Waals surface area contributed by atoms with E-state index >= 15 is 0 Å². The van der Waals surface area contributed by atoms with Crippen molar-refractivity contribution in [1.82, 2.24) is 35.6 Å². The molecule has 0 spiro atoms. The predicted molar refractivity (Wildman–Crippen MR) is 322 cm³/mol. The molecule has 494 valence electrons. The standard InChI is InChI=1S/C19H30N6O5.C18H28N6O5.C15H24N6O5.CH4.2Li.H3N.H2O/c1-19(2)29-14-11(8-24(3)7-5-6-12(26)27-4)28-18(15(14)30-19)25-10-23-13-16(20)21-9-22-17(13)25;1-18(2)28-13-10(7-23(3)6-4-5-11(25)26)27-17(14(13)29-18)24-9-22-12-15(19)20-8-21-16(12)24;1-20(4-2-3-9(22)23)5-8-11(24)12(25)15(26-8)21-7-19-10-13(16)17-6-18-14(10)21;;;;;/h9-11,13-15,17-18H,5-8H2,1-4H3,(H2,20,21,22);8-10,12-14,16-17H,4-7H2,1-3H3,(H,25,26)(H2,19,20,21);6-8,10-12,14-15,24-25H,2-5H2,1H3,(H,22,23)(H2,16,17,18);1H4;;;1H3;1H2/q;;;;2*+1;;/t11?,13?,14-,15-,17?,18?;10?,12?,13-,14-,16?,17?;8?,10?,11-,12-,14?,15?;;;;;/m111...../s1. The Morgan fingerprint density at radius 1 is 0.544 bits per heavy atom. The molecule has 15 N–H and O–H groups in total. The molecule has 11 aliphatic rings. The van der Waals surface area contributed by atoms with E-state index in [4.69, 9.17) is 65.3 Å². The fraction of sp³-hybridized carbons (Fsp3) is 0.774. The third kappa shape index (κ3) is 18.0. The number of aliphatic carboxylic acids is 2. The van der Waals surface area contributed by atoms with E-state index in [0.717, 1.165) is 6.54 Å². The number of ether oxygens (including phenoxy) is 8. The molecule has 37 heteroatoms. The second-order valence-corrected chi connectivity index (χ2v) is 23.4. The molecule has 11 rings (SSSR count). The van der Waals surface area contributed by atoms with Crippen LogP contribution in [0.15, 0.2) is 44.9 Å². The maximum Gasteiger partial charge on any atom is 1.00 e. The number of methoxy groups -OCH3 is 1. The second kappa shape index (κ2) is 33.1. The Labute approximate surface area is 547 Å². The van der Waals surface area contributed by atoms with E-state index in [1.807, 2.05) is 63.5 Å². The molecular formula is C53H91Li2N19O16+2. The summed E-state index contributed by atoms with van der Waals surface area (Å²) in [5, 5.41) is 38.3. The van der Waals surface area contributed by atoms with Crippen LogP contribution in [0.25, 0.3) is 0 Å². The van der Waals surface area contributed by atoms with E-state index in [2.05, 4.69) is 54.7 Å². The maximum absolute atomic E-state index is 11.3. The van der Waals surface area contributed by atoms with Gasteiger partial charge in [0.2, 0.25) is 0 Å². The first-order valence-electron chi connectivity index (χ1n) is 28.5. The molecule has 0 bridgehead atoms. The number of esters is 1. The van der Waals surface area contributed by atoms with E-state index in [1.54, 1.807) is 17.6 Å². The van der Waals surface area contributed by atoms with Crippen molar-refractivity contribution in [2.45, 2.75) is 195 Å². The van der Waals surface area contributed by atoms with Gasteiger partial charge in [0.25, 0.3) is 0 Å². The molecule has 0 aromatic rings. The first-order chi connectivity index (χ1) is 40.4. The number of carboxylic acid groups (broad SMARTS) is 2. The third-order valence-electron chi connectivity index (χ3n) is 16.0. The van der Waals surface area contributed by atoms with Gasteiger partial charge in [-0.05, 0) is 87.7 Å². The predicted octanol–water partition coefficient (Wildman–Crippen LogP) is -8.47. The number of rotatable bonds is 21. The first kappa shape index (κ1) is 77.3. The van der Waals surface area contributed by atoms with Gasteiger partial charge in [0.1, 0.15) is 110 Å². The van der Waals surface area contributed by atoms with E-state index in [1.165, 1.54) is 32.5 Å². The van der Waals surface area contributed by atoms with Gasteiger partial charge < -0.3 is 117 Å². The molecular weight excluding hydrogens is 1170 g/mol. The molecule has 0 radical (unpaired) electrons. The molecule has 5 fully saturated rings. The number of nitrogens with zero attached hydrogens (tertiary/aromatic N) is 15. The van der Waals surface area contributed by atoms with Crippen molar-refractivity contribution in [3.8, 4) is 0 Å². The number of carbonyl (C=O) groups is 3. The van der Waals surface area contributed by atoms with Crippen molar-refractivity contribution in [2.75, 3.05) is 67.5 Å². The van der Waals surface area contributed by atoms with E-state index in [-0.39, 0.29) is 137 Å². The maximum atomic E-state index is 11.3. The van der Waals surface area contributed by atoms with Crippen LogP contribution in [0, 0.1) is 0 Å². The molecule has 0 aromatic carbocycles. The summed E-state index contributed by atoms with van der Waals surface area (Å²) in [7, 11) is 7.16. The van der Waals surface area contributed by atoms with Crippen LogP contribution in [0.1, 0.15) is 73.6 Å². The minimum atomic E-state index is -1.13. The topological polar surface area (TPSA) is 481 Å². The summed E-state index contributed by atoms with van der Waals surface area (Å²) < 4.78 is 48.0. The van der Waals surface area contributed by atoms with Crippen LogP contribution in [0.4, 0.5) is 0 Å². The number of aliphatic hydroxyl groups excluding tert-OH is 2. The van der Waals surface area contributed by atoms with Crippen LogP contribution in [0.2, 0.25) is 0 Å². The summed E-state index contributed by atoms with van der Waals surface area (Å²) >= 11 is 0. The van der Waals surface area contributed by atoms with Crippen LogP contribution in [-0.4, -0.2) is 318 Å². The minimum Gasteiger partial charge on any atom is -0.870 e. The van der Waals surface area contributed by atoms with Crippen molar-refractivity contribution < 1.29 is 116 Å². The quantitative estimate of drug-likeness (QED) is 0.0391. The number of carbonyl (C=O) groups excluding carboxylic acids is 1. The number of amidine groups is 3. The number of aliphatic hydroxyl groups is 2. The number of hydrogen-bond acceptors (Lipinski definition) is 32. The molecule has 11 aliphatic heterocycles. The van der Waals surface area contributed by atoms with Gasteiger partial charge in [-0.25, -0.2) is 30.0 Å². The van der Waals surface area contributed by atoms with Crippen molar-refractivity contribution in [2.24, 2.45) is 62.1 Å². The average Bonchev–Trinajstić information content (AvgIpc) is 1.71. The molecule has 12 unspecified atom stereocenters. The molecule has 0 amide bonds. The van der Waals surface area contributed by atoms with Gasteiger partial charge in [-0.3, -0.25) is 29.4 Å². The van der Waals surface area contributed by atoms with Gasteiger partial charge in [0, 0.05) is 38.9 Å². The van der Waals surface area contributed by atoms with Crippen LogP contribution >= 0.6 is 0 Å². The molecule has 0 aromatic heterocycles. The second-order valence-electron chi connectivity index (χ2n) is 23.4. The molecule has 0 aliphatic carbocycles. The zero-order valence-electron chi connectivity index (χ0n) is 52.5. The molecule has 5 saturated heterocycles. The number of nitrogens with two attached hydrogens (primary N) is 3. The van der Waals surface area contributed by atoms with Crippen LogP contribution in [0.3, 0.4) is 0 Å². The zero-order chi connectivity index (χ0) is 61.1. The van der Waals surface area contributed by atoms with Gasteiger partial charge in [0.15, 0.2) is 48.8 Å². The Balaban J connectivity index is 0.000000281. The molecule has 90 heavy (non-hydrogen) atoms.